The number of likely N-dealkylation sites (N-methyl/N-ethyl adjacent to an activating group) is 2. The first-order valence-corrected chi connectivity index (χ1v) is 16.4. The van der Waals surface area contributed by atoms with Crippen molar-refractivity contribution in [1.82, 2.24) is 20.9 Å². The molecule has 1 aliphatic carbocycles. The maximum absolute atomic E-state index is 13.8. The van der Waals surface area contributed by atoms with Crippen LogP contribution < -0.4 is 16.0 Å². The highest BCUT2D eigenvalue weighted by atomic mass is 16.3. The van der Waals surface area contributed by atoms with Crippen molar-refractivity contribution >= 4 is 17.7 Å². The SMILES string of the molecule is C#CCCCC(O)C(O)C(CC1CCCCC1)NC(=O)C(NC(=O)C(CC(=O)N(C)CCNC)Cc1ccccc1)C(C)C#C. The van der Waals surface area contributed by atoms with Crippen molar-refractivity contribution < 1.29 is 24.6 Å². The first-order chi connectivity index (χ1) is 21.6. The van der Waals surface area contributed by atoms with Crippen molar-refractivity contribution in [3.63, 3.8) is 0 Å². The zero-order valence-electron chi connectivity index (χ0n) is 27.3. The third-order valence-electron chi connectivity index (χ3n) is 8.85. The van der Waals surface area contributed by atoms with Crippen molar-refractivity contribution in [1.29, 1.82) is 0 Å². The summed E-state index contributed by atoms with van der Waals surface area (Å²) >= 11 is 0. The largest absolute Gasteiger partial charge is 0.390 e. The summed E-state index contributed by atoms with van der Waals surface area (Å²) in [5.41, 5.74) is 0.892. The Hall–Kier alpha value is -3.37. The molecule has 9 nitrogen and oxygen atoms in total. The maximum Gasteiger partial charge on any atom is 0.244 e. The fourth-order valence-electron chi connectivity index (χ4n) is 5.90. The Labute approximate surface area is 270 Å². The van der Waals surface area contributed by atoms with Gasteiger partial charge >= 0.3 is 0 Å². The molecule has 45 heavy (non-hydrogen) atoms. The minimum atomic E-state index is -1.21. The predicted molar refractivity (Wildman–Crippen MR) is 178 cm³/mol. The quantitative estimate of drug-likeness (QED) is 0.119. The number of rotatable bonds is 19. The monoisotopic (exact) mass is 622 g/mol. The number of nitrogens with zero attached hydrogens (tertiary/aromatic N) is 1. The van der Waals surface area contributed by atoms with Crippen LogP contribution in [0.1, 0.15) is 76.7 Å². The smallest absolute Gasteiger partial charge is 0.244 e. The summed E-state index contributed by atoms with van der Waals surface area (Å²) in [7, 11) is 3.51. The van der Waals surface area contributed by atoms with Crippen LogP contribution in [0.15, 0.2) is 30.3 Å². The number of hydrogen-bond acceptors (Lipinski definition) is 6. The molecule has 1 saturated carbocycles. The number of aliphatic hydroxyl groups is 2. The summed E-state index contributed by atoms with van der Waals surface area (Å²) in [6.45, 7) is 2.79. The molecule has 248 valence electrons. The molecule has 9 heteroatoms. The van der Waals surface area contributed by atoms with Gasteiger partial charge in [0.1, 0.15) is 6.04 Å². The first kappa shape index (κ1) is 37.8. The molecule has 0 aromatic heterocycles. The van der Waals surface area contributed by atoms with E-state index in [9.17, 15) is 24.6 Å². The lowest BCUT2D eigenvalue weighted by atomic mass is 9.82. The van der Waals surface area contributed by atoms with Gasteiger partial charge in [-0.05, 0) is 51.1 Å². The van der Waals surface area contributed by atoms with Gasteiger partial charge in [-0.25, -0.2) is 0 Å². The Bertz CT molecular complexity index is 1120. The first-order valence-electron chi connectivity index (χ1n) is 16.4. The van der Waals surface area contributed by atoms with Crippen LogP contribution >= 0.6 is 0 Å². The molecule has 2 rings (SSSR count). The lowest BCUT2D eigenvalue weighted by Gasteiger charge is -2.34. The van der Waals surface area contributed by atoms with Gasteiger partial charge in [0.05, 0.1) is 24.2 Å². The van der Waals surface area contributed by atoms with Gasteiger partial charge in [0.15, 0.2) is 0 Å². The van der Waals surface area contributed by atoms with Gasteiger partial charge in [-0.15, -0.1) is 24.7 Å². The average molecular weight is 623 g/mol. The molecule has 1 aliphatic rings. The second-order valence-electron chi connectivity index (χ2n) is 12.5. The van der Waals surface area contributed by atoms with Gasteiger partial charge in [0, 0.05) is 38.9 Å². The molecule has 0 saturated heterocycles. The van der Waals surface area contributed by atoms with E-state index in [4.69, 9.17) is 12.8 Å². The molecule has 0 heterocycles. The lowest BCUT2D eigenvalue weighted by Crippen LogP contribution is -2.57. The molecule has 1 aromatic rings. The highest BCUT2D eigenvalue weighted by Crippen LogP contribution is 2.29. The van der Waals surface area contributed by atoms with E-state index in [-0.39, 0.29) is 12.3 Å². The molecule has 0 aliphatic heterocycles. The Morgan fingerprint density at radius 2 is 1.73 bits per heavy atom. The van der Waals surface area contributed by atoms with Crippen molar-refractivity contribution in [2.45, 2.75) is 102 Å². The van der Waals surface area contributed by atoms with Crippen LogP contribution in [0.5, 0.6) is 0 Å². The topological polar surface area (TPSA) is 131 Å². The van der Waals surface area contributed by atoms with E-state index in [1.54, 1.807) is 25.9 Å². The van der Waals surface area contributed by atoms with E-state index in [2.05, 4.69) is 27.8 Å². The van der Waals surface area contributed by atoms with Gasteiger partial charge < -0.3 is 31.1 Å². The minimum absolute atomic E-state index is 0.0351. The standard InChI is InChI=1S/C36H54N4O5/c1-6-8-11-20-31(41)34(43)30(24-28-18-14-10-15-19-28)38-36(45)33(26(3)7-2)39-35(44)29(23-27-16-12-9-13-17-27)25-32(42)40(5)22-21-37-4/h1-2,9,12-13,16-17,26,28-31,33-34,37,41,43H,8,10-11,14-15,18-25H2,3-5H3,(H,38,45)(H,39,44). The van der Waals surface area contributed by atoms with Crippen molar-refractivity contribution in [2.75, 3.05) is 27.2 Å². The molecule has 3 amide bonds. The number of aliphatic hydroxyl groups excluding tert-OH is 2. The van der Waals surface area contributed by atoms with E-state index in [0.717, 1.165) is 37.7 Å². The summed E-state index contributed by atoms with van der Waals surface area (Å²) in [5, 5.41) is 30.8. The number of amides is 3. The fourth-order valence-corrected chi connectivity index (χ4v) is 5.90. The van der Waals surface area contributed by atoms with Crippen LogP contribution in [0, 0.1) is 42.4 Å². The molecular formula is C36H54N4O5. The Balaban J connectivity index is 2.26. The molecular weight excluding hydrogens is 568 g/mol. The summed E-state index contributed by atoms with van der Waals surface area (Å²) in [4.78, 5) is 42.3. The number of terminal acetylenes is 2. The number of carbonyl (C=O) groups excluding carboxylic acids is 3. The van der Waals surface area contributed by atoms with E-state index < -0.39 is 47.9 Å². The van der Waals surface area contributed by atoms with Gasteiger partial charge in [-0.2, -0.15) is 0 Å². The molecule has 6 unspecified atom stereocenters. The summed E-state index contributed by atoms with van der Waals surface area (Å²) in [6, 6.07) is 7.60. The Morgan fingerprint density at radius 3 is 2.36 bits per heavy atom. The molecule has 1 fully saturated rings. The van der Waals surface area contributed by atoms with Gasteiger partial charge in [0.2, 0.25) is 17.7 Å². The maximum atomic E-state index is 13.8. The lowest BCUT2D eigenvalue weighted by molar-refractivity contribution is -0.137. The summed E-state index contributed by atoms with van der Waals surface area (Å²) in [6.07, 6.45) is 16.3. The molecule has 1 aromatic carbocycles. The van der Waals surface area contributed by atoms with E-state index in [1.807, 2.05) is 30.3 Å². The highest BCUT2D eigenvalue weighted by Gasteiger charge is 2.35. The van der Waals surface area contributed by atoms with Gasteiger partial charge in [0.25, 0.3) is 0 Å². The summed E-state index contributed by atoms with van der Waals surface area (Å²) < 4.78 is 0. The van der Waals surface area contributed by atoms with E-state index in [1.165, 1.54) is 0 Å². The third kappa shape index (κ3) is 13.3. The van der Waals surface area contributed by atoms with Crippen LogP contribution in [0.2, 0.25) is 0 Å². The number of carbonyl (C=O) groups is 3. The highest BCUT2D eigenvalue weighted by molar-refractivity contribution is 5.91. The average Bonchev–Trinajstić information content (AvgIpc) is 3.05. The predicted octanol–water partition coefficient (Wildman–Crippen LogP) is 2.65. The Kier molecular flexibility index (Phi) is 17.3. The fraction of sp³-hybridized carbons (Fsp3) is 0.639. The molecule has 0 bridgehead atoms. The van der Waals surface area contributed by atoms with Crippen LogP contribution in [-0.2, 0) is 20.8 Å². The number of unbranched alkanes of at least 4 members (excludes halogenated alkanes) is 1. The molecule has 0 spiro atoms. The number of nitrogens with one attached hydrogen (secondary N) is 3. The zero-order chi connectivity index (χ0) is 33.2. The number of benzene rings is 1. The van der Waals surface area contributed by atoms with Crippen molar-refractivity contribution in [3.8, 4) is 24.7 Å². The molecule has 5 N–H and O–H groups in total. The van der Waals surface area contributed by atoms with Crippen LogP contribution in [0.4, 0.5) is 0 Å². The number of hydrogen-bond donors (Lipinski definition) is 5. The third-order valence-corrected chi connectivity index (χ3v) is 8.85. The van der Waals surface area contributed by atoms with Crippen molar-refractivity contribution in [3.05, 3.63) is 35.9 Å². The normalized spacial score (nSPS) is 17.4. The van der Waals surface area contributed by atoms with Crippen LogP contribution in [-0.4, -0.2) is 84.3 Å². The van der Waals surface area contributed by atoms with Crippen LogP contribution in [0.25, 0.3) is 0 Å². The minimum Gasteiger partial charge on any atom is -0.390 e. The van der Waals surface area contributed by atoms with Crippen molar-refractivity contribution in [2.24, 2.45) is 17.8 Å². The van der Waals surface area contributed by atoms with Gasteiger partial charge in [-0.3, -0.25) is 14.4 Å². The summed E-state index contributed by atoms with van der Waals surface area (Å²) in [5.74, 6) is 2.86. The Morgan fingerprint density at radius 1 is 1.04 bits per heavy atom. The molecule has 0 radical (unpaired) electrons. The van der Waals surface area contributed by atoms with Crippen LogP contribution in [0.3, 0.4) is 0 Å². The second-order valence-corrected chi connectivity index (χ2v) is 12.5. The second kappa shape index (κ2) is 20.6. The zero-order valence-corrected chi connectivity index (χ0v) is 27.3. The van der Waals surface area contributed by atoms with E-state index in [0.29, 0.717) is 51.1 Å². The van der Waals surface area contributed by atoms with E-state index >= 15 is 0 Å². The molecule has 6 atom stereocenters. The van der Waals surface area contributed by atoms with Gasteiger partial charge in [-0.1, -0.05) is 62.4 Å².